The molecule has 0 radical (unpaired) electrons. The van der Waals surface area contributed by atoms with Crippen molar-refractivity contribution in [1.29, 1.82) is 0 Å². The zero-order chi connectivity index (χ0) is 35.0. The Morgan fingerprint density at radius 2 is 0.959 bits per heavy atom. The Morgan fingerprint density at radius 3 is 1.35 bits per heavy atom. The molecule has 4 aromatic rings. The molecule has 2 aliphatic heterocycles. The third kappa shape index (κ3) is 9.56. The molecule has 6 rings (SSSR count). The number of non-ortho nitro benzene ring substituents is 1. The Bertz CT molecular complexity index is 1810. The quantitative estimate of drug-likeness (QED) is 0.113. The van der Waals surface area contributed by atoms with Gasteiger partial charge in [-0.15, -0.1) is 0 Å². The van der Waals surface area contributed by atoms with Gasteiger partial charge in [-0.25, -0.2) is 0 Å². The van der Waals surface area contributed by atoms with Crippen LogP contribution < -0.4 is 0 Å². The van der Waals surface area contributed by atoms with Crippen LogP contribution in [0.4, 0.5) is 5.69 Å². The van der Waals surface area contributed by atoms with Crippen LogP contribution in [0.15, 0.2) is 126 Å². The van der Waals surface area contributed by atoms with E-state index in [-0.39, 0.29) is 22.7 Å². The minimum Gasteiger partial charge on any atom is -0.294 e. The molecule has 49 heavy (non-hydrogen) atoms. The number of Topliss-reactive ketones (excluding diaryl/α,β-unsaturated/α-hetero) is 2. The number of hydrogen-bond acceptors (Lipinski definition) is 6. The van der Waals surface area contributed by atoms with Crippen LogP contribution in [-0.4, -0.2) is 52.5 Å². The van der Waals surface area contributed by atoms with E-state index in [9.17, 15) is 19.7 Å². The van der Waals surface area contributed by atoms with Gasteiger partial charge in [0.2, 0.25) is 0 Å². The van der Waals surface area contributed by atoms with E-state index in [1.54, 1.807) is 12.1 Å². The fraction of sp³-hybridized carbons (Fsp3) is 0.286. The first-order valence-electron chi connectivity index (χ1n) is 16.7. The highest BCUT2D eigenvalue weighted by molar-refractivity contribution is 6.05. The van der Waals surface area contributed by atoms with Crippen LogP contribution >= 0.6 is 0 Å². The third-order valence-corrected chi connectivity index (χ3v) is 8.92. The Kier molecular flexibility index (Phi) is 11.2. The molecule has 2 heterocycles. The molecular formula is C42H45N3O4. The molecule has 0 aliphatic carbocycles. The van der Waals surface area contributed by atoms with Crippen LogP contribution in [0.5, 0.6) is 0 Å². The smallest absolute Gasteiger partial charge is 0.269 e. The molecule has 4 aromatic carbocycles. The van der Waals surface area contributed by atoms with Gasteiger partial charge in [-0.3, -0.25) is 29.5 Å². The van der Waals surface area contributed by atoms with Gasteiger partial charge in [0.15, 0.2) is 11.6 Å². The lowest BCUT2D eigenvalue weighted by Gasteiger charge is -2.38. The molecule has 0 unspecified atom stereocenters. The summed E-state index contributed by atoms with van der Waals surface area (Å²) in [5, 5.41) is 10.8. The van der Waals surface area contributed by atoms with Crippen molar-refractivity contribution in [1.82, 2.24) is 9.80 Å². The molecule has 0 atom stereocenters. The van der Waals surface area contributed by atoms with Gasteiger partial charge in [0.1, 0.15) is 0 Å². The summed E-state index contributed by atoms with van der Waals surface area (Å²) >= 11 is 0. The van der Waals surface area contributed by atoms with Crippen LogP contribution in [-0.2, 0) is 22.7 Å². The molecule has 2 aliphatic rings. The topological polar surface area (TPSA) is 83.8 Å². The van der Waals surface area contributed by atoms with Crippen LogP contribution in [0, 0.1) is 20.9 Å². The molecule has 0 amide bonds. The van der Waals surface area contributed by atoms with Gasteiger partial charge in [0.05, 0.1) is 4.92 Å². The van der Waals surface area contributed by atoms with Crippen LogP contribution in [0.2, 0.25) is 0 Å². The molecule has 2 fully saturated rings. The maximum atomic E-state index is 12.8. The Morgan fingerprint density at radius 1 is 0.592 bits per heavy atom. The summed E-state index contributed by atoms with van der Waals surface area (Å²) in [4.78, 5) is 40.6. The number of nitro benzene ring substituents is 1. The van der Waals surface area contributed by atoms with Gasteiger partial charge in [-0.1, -0.05) is 119 Å². The van der Waals surface area contributed by atoms with E-state index in [2.05, 4.69) is 46.2 Å². The second-order valence-electron chi connectivity index (χ2n) is 14.3. The number of carbonyl (C=O) groups excluding carboxylic acids is 2. The first-order chi connectivity index (χ1) is 23.4. The normalized spacial score (nSPS) is 19.3. The molecular weight excluding hydrogens is 610 g/mol. The summed E-state index contributed by atoms with van der Waals surface area (Å²) in [5.74, 6) is 0.408. The van der Waals surface area contributed by atoms with E-state index in [1.807, 2.05) is 94.4 Å². The summed E-state index contributed by atoms with van der Waals surface area (Å²) in [5.41, 5.74) is 5.30. The molecule has 0 bridgehead atoms. The molecule has 2 saturated heterocycles. The lowest BCUT2D eigenvalue weighted by molar-refractivity contribution is -0.384. The molecule has 0 N–H and O–H groups in total. The van der Waals surface area contributed by atoms with Crippen LogP contribution in [0.25, 0.3) is 12.2 Å². The first-order valence-corrected chi connectivity index (χ1v) is 16.7. The van der Waals surface area contributed by atoms with Crippen molar-refractivity contribution in [2.45, 2.75) is 40.8 Å². The number of benzene rings is 4. The zero-order valence-electron chi connectivity index (χ0n) is 28.8. The molecule has 7 nitrogen and oxygen atoms in total. The number of likely N-dealkylation sites (tertiary alicyclic amines) is 2. The summed E-state index contributed by atoms with van der Waals surface area (Å²) < 4.78 is 0. The summed E-state index contributed by atoms with van der Waals surface area (Å²) in [6, 6.07) is 37.0. The molecule has 0 aromatic heterocycles. The number of rotatable bonds is 7. The highest BCUT2D eigenvalue weighted by Crippen LogP contribution is 2.32. The van der Waals surface area contributed by atoms with Gasteiger partial charge >= 0.3 is 0 Å². The van der Waals surface area contributed by atoms with E-state index in [0.29, 0.717) is 19.6 Å². The summed E-state index contributed by atoms with van der Waals surface area (Å²) in [7, 11) is 0. The summed E-state index contributed by atoms with van der Waals surface area (Å²) in [6.45, 7) is 12.5. The average Bonchev–Trinajstić information content (AvgIpc) is 3.07. The Hall–Kier alpha value is -4.98. The van der Waals surface area contributed by atoms with Crippen LogP contribution in [0.3, 0.4) is 0 Å². The second-order valence-corrected chi connectivity index (χ2v) is 14.3. The first kappa shape index (κ1) is 35.3. The van der Waals surface area contributed by atoms with Gasteiger partial charge < -0.3 is 0 Å². The van der Waals surface area contributed by atoms with Gasteiger partial charge in [-0.2, -0.15) is 0 Å². The van der Waals surface area contributed by atoms with Crippen molar-refractivity contribution in [3.8, 4) is 0 Å². The molecule has 0 spiro atoms. The van der Waals surface area contributed by atoms with E-state index in [1.165, 1.54) is 23.3 Å². The predicted molar refractivity (Wildman–Crippen MR) is 197 cm³/mol. The van der Waals surface area contributed by atoms with Crippen molar-refractivity contribution >= 4 is 29.4 Å². The van der Waals surface area contributed by atoms with Gasteiger partial charge in [0, 0.05) is 73.4 Å². The monoisotopic (exact) mass is 655 g/mol. The van der Waals surface area contributed by atoms with E-state index in [4.69, 9.17) is 0 Å². The average molecular weight is 656 g/mol. The third-order valence-electron chi connectivity index (χ3n) is 8.92. The zero-order valence-corrected chi connectivity index (χ0v) is 28.8. The number of nitrogens with zero attached hydrogens (tertiary/aromatic N) is 3. The minimum absolute atomic E-state index is 0.0492. The SMILES string of the molecule is CC1(C)CN(Cc2ccccc2)CC(=Cc2ccc([N+](=O)[O-])cc2)C1=O.CC1(C)CN(Cc2ccccc2)CC(=Cc2ccccc2)C1=O. The number of ketones is 2. The predicted octanol–water partition coefficient (Wildman–Crippen LogP) is 8.27. The number of piperidine rings is 2. The lowest BCUT2D eigenvalue weighted by Crippen LogP contribution is -2.47. The van der Waals surface area contributed by atoms with Crippen molar-refractivity contribution in [3.63, 3.8) is 0 Å². The largest absolute Gasteiger partial charge is 0.294 e. The number of nitro groups is 1. The van der Waals surface area contributed by atoms with Gasteiger partial charge in [-0.05, 0) is 46.5 Å². The molecule has 252 valence electrons. The maximum absolute atomic E-state index is 12.8. The highest BCUT2D eigenvalue weighted by atomic mass is 16.6. The van der Waals surface area contributed by atoms with E-state index >= 15 is 0 Å². The Labute approximate surface area is 289 Å². The van der Waals surface area contributed by atoms with Crippen molar-refractivity contribution < 1.29 is 14.5 Å². The van der Waals surface area contributed by atoms with Crippen molar-refractivity contribution in [2.75, 3.05) is 26.2 Å². The standard InChI is InChI=1S/C21H22N2O3.C21H23NO/c1-21(2)15-22(13-17-6-4-3-5-7-17)14-18(20(21)24)12-16-8-10-19(11-9-16)23(25)26;1-21(2)16-22(14-18-11-7-4-8-12-18)15-19(20(21)23)13-17-9-5-3-6-10-17/h3-12H,13-15H2,1-2H3;3-13H,14-16H2,1-2H3. The lowest BCUT2D eigenvalue weighted by atomic mass is 9.79. The second kappa shape index (κ2) is 15.5. The highest BCUT2D eigenvalue weighted by Gasteiger charge is 2.38. The molecule has 0 saturated carbocycles. The van der Waals surface area contributed by atoms with Crippen molar-refractivity contribution in [3.05, 3.63) is 159 Å². The minimum atomic E-state index is -0.459. The summed E-state index contributed by atoms with van der Waals surface area (Å²) in [6.07, 6.45) is 3.90. The Balaban J connectivity index is 0.000000192. The number of hydrogen-bond donors (Lipinski definition) is 0. The van der Waals surface area contributed by atoms with Gasteiger partial charge in [0.25, 0.3) is 5.69 Å². The maximum Gasteiger partial charge on any atom is 0.269 e. The van der Waals surface area contributed by atoms with Crippen LogP contribution in [0.1, 0.15) is 49.9 Å². The number of carbonyl (C=O) groups is 2. The fourth-order valence-electron chi connectivity index (χ4n) is 6.64. The van der Waals surface area contributed by atoms with E-state index in [0.717, 1.165) is 41.9 Å². The molecule has 7 heteroatoms. The van der Waals surface area contributed by atoms with Crippen molar-refractivity contribution in [2.24, 2.45) is 10.8 Å². The van der Waals surface area contributed by atoms with E-state index < -0.39 is 10.3 Å². The fourth-order valence-corrected chi connectivity index (χ4v) is 6.64.